The number of nitrogens with zero attached hydrogens (tertiary/aromatic N) is 3. The predicted octanol–water partition coefficient (Wildman–Crippen LogP) is 1.56. The van der Waals surface area contributed by atoms with E-state index in [9.17, 15) is 8.42 Å². The molecule has 29 heavy (non-hydrogen) atoms. The van der Waals surface area contributed by atoms with Crippen LogP contribution in [-0.4, -0.2) is 42.4 Å². The minimum absolute atomic E-state index is 0.0846. The maximum absolute atomic E-state index is 12.0. The molecule has 3 aromatic rings. The molecule has 8 nitrogen and oxygen atoms in total. The van der Waals surface area contributed by atoms with E-state index in [4.69, 9.17) is 14.0 Å². The van der Waals surface area contributed by atoms with Gasteiger partial charge in [-0.2, -0.15) is 8.42 Å². The fraction of sp³-hybridized carbons (Fsp3) is 0.400. The molecule has 0 unspecified atom stereocenters. The average molecular weight is 421 g/mol. The van der Waals surface area contributed by atoms with E-state index in [0.717, 1.165) is 16.5 Å². The number of aryl methyl sites for hydroxylation is 2. The summed E-state index contributed by atoms with van der Waals surface area (Å²) in [7, 11) is -1.86. The molecule has 0 aliphatic heterocycles. The van der Waals surface area contributed by atoms with Gasteiger partial charge in [-0.15, -0.1) is 9.36 Å². The maximum Gasteiger partial charge on any atom is 0.267 e. The van der Waals surface area contributed by atoms with Crippen LogP contribution >= 0.6 is 0 Å². The molecular weight excluding hydrogens is 394 g/mol. The highest BCUT2D eigenvalue weighted by atomic mass is 32.2. The van der Waals surface area contributed by atoms with Crippen LogP contribution in [0.5, 0.6) is 5.75 Å². The molecule has 0 bridgehead atoms. The molecule has 0 saturated carbocycles. The van der Waals surface area contributed by atoms with Gasteiger partial charge in [-0.1, -0.05) is 30.3 Å². The van der Waals surface area contributed by atoms with Gasteiger partial charge < -0.3 is 9.84 Å². The van der Waals surface area contributed by atoms with E-state index >= 15 is 0 Å². The molecule has 0 aliphatic carbocycles. The second-order valence-electron chi connectivity index (χ2n) is 6.70. The summed E-state index contributed by atoms with van der Waals surface area (Å²) < 4.78 is 37.9. The van der Waals surface area contributed by atoms with Gasteiger partial charge in [0.15, 0.2) is 11.9 Å². The number of ether oxygens (including phenoxy) is 1. The molecule has 1 N–H and O–H groups in total. The number of aromatic nitrogens is 3. The molecule has 0 fully saturated rings. The van der Waals surface area contributed by atoms with Crippen molar-refractivity contribution in [2.24, 2.45) is 7.05 Å². The van der Waals surface area contributed by atoms with Gasteiger partial charge in [0.25, 0.3) is 10.1 Å². The van der Waals surface area contributed by atoms with Gasteiger partial charge in [-0.05, 0) is 22.9 Å². The number of fused-ring (bicyclic) bond motifs is 1. The van der Waals surface area contributed by atoms with Crippen molar-refractivity contribution in [3.05, 3.63) is 54.4 Å². The molecule has 0 saturated heterocycles. The first-order valence-corrected chi connectivity index (χ1v) is 11.1. The van der Waals surface area contributed by atoms with E-state index in [2.05, 4.69) is 5.21 Å². The fourth-order valence-electron chi connectivity index (χ4n) is 2.92. The molecule has 0 atom stereocenters. The van der Waals surface area contributed by atoms with Gasteiger partial charge in [0.1, 0.15) is 25.9 Å². The molecule has 0 amide bonds. The first-order valence-electron chi connectivity index (χ1n) is 9.49. The highest BCUT2D eigenvalue weighted by Crippen LogP contribution is 2.20. The topological polar surface area (TPSA) is 94.5 Å². The van der Waals surface area contributed by atoms with E-state index < -0.39 is 10.1 Å². The molecule has 2 aromatic carbocycles. The summed E-state index contributed by atoms with van der Waals surface area (Å²) in [4.78, 5) is 0. The molecule has 0 aliphatic rings. The first-order chi connectivity index (χ1) is 14.0. The van der Waals surface area contributed by atoms with Gasteiger partial charge in [-0.25, -0.2) is 0 Å². The highest BCUT2D eigenvalue weighted by Gasteiger charge is 2.15. The second-order valence-corrected chi connectivity index (χ2v) is 8.46. The standard InChI is InChI=1S/C20H26N3O5S/c1-22-19(16-24)15-23(21-22)10-4-13-29(25,26)28-12-5-11-27-20-9-8-17-6-2-3-7-18(17)14-20/h2-3,6-9,14-15,24H,4-5,10-13,16H2,1H3/q+1. The number of hydrogen-bond donors (Lipinski definition) is 1. The smallest absolute Gasteiger partial charge is 0.267 e. The third-order valence-electron chi connectivity index (χ3n) is 4.45. The average Bonchev–Trinajstić information content (AvgIpc) is 3.07. The monoisotopic (exact) mass is 420 g/mol. The molecule has 3 rings (SSSR count). The summed E-state index contributed by atoms with van der Waals surface area (Å²) in [6.45, 7) is 0.781. The van der Waals surface area contributed by atoms with Gasteiger partial charge in [-0.3, -0.25) is 4.18 Å². The number of rotatable bonds is 11. The Bertz CT molecular complexity index is 1050. The number of aliphatic hydroxyl groups excluding tert-OH is 1. The van der Waals surface area contributed by atoms with Crippen molar-refractivity contribution in [1.82, 2.24) is 9.90 Å². The van der Waals surface area contributed by atoms with Crippen LogP contribution < -0.4 is 9.42 Å². The zero-order valence-corrected chi connectivity index (χ0v) is 17.2. The van der Waals surface area contributed by atoms with Crippen LogP contribution in [0, 0.1) is 0 Å². The number of hydrogen-bond acceptors (Lipinski definition) is 6. The predicted molar refractivity (Wildman–Crippen MR) is 108 cm³/mol. The largest absolute Gasteiger partial charge is 0.493 e. The first kappa shape index (κ1) is 21.2. The van der Waals surface area contributed by atoms with Crippen molar-refractivity contribution in [3.63, 3.8) is 0 Å². The SMILES string of the molecule is Cn1n[n+](CCCS(=O)(=O)OCCCOc2ccc3ccccc3c2)cc1CO. The minimum Gasteiger partial charge on any atom is -0.493 e. The van der Waals surface area contributed by atoms with Crippen molar-refractivity contribution < 1.29 is 27.1 Å². The van der Waals surface area contributed by atoms with Crippen LogP contribution in [0.3, 0.4) is 0 Å². The van der Waals surface area contributed by atoms with E-state index in [1.165, 1.54) is 0 Å². The minimum atomic E-state index is -3.59. The Morgan fingerprint density at radius 2 is 1.90 bits per heavy atom. The summed E-state index contributed by atoms with van der Waals surface area (Å²) >= 11 is 0. The lowest BCUT2D eigenvalue weighted by atomic mass is 10.1. The van der Waals surface area contributed by atoms with Gasteiger partial charge in [0.2, 0.25) is 0 Å². The van der Waals surface area contributed by atoms with E-state index in [1.807, 2.05) is 42.5 Å². The Labute approximate surface area is 170 Å². The summed E-state index contributed by atoms with van der Waals surface area (Å²) in [6, 6.07) is 13.9. The zero-order valence-electron chi connectivity index (χ0n) is 16.4. The Hall–Kier alpha value is -2.49. The van der Waals surface area contributed by atoms with Crippen LogP contribution in [0.15, 0.2) is 48.7 Å². The summed E-state index contributed by atoms with van der Waals surface area (Å²) in [5.74, 6) is 0.664. The highest BCUT2D eigenvalue weighted by molar-refractivity contribution is 7.86. The van der Waals surface area contributed by atoms with Gasteiger partial charge >= 0.3 is 0 Å². The summed E-state index contributed by atoms with van der Waals surface area (Å²) in [6.07, 6.45) is 2.54. The van der Waals surface area contributed by atoms with Crippen molar-refractivity contribution in [2.75, 3.05) is 19.0 Å². The maximum atomic E-state index is 12.0. The van der Waals surface area contributed by atoms with E-state index in [-0.39, 0.29) is 19.0 Å². The van der Waals surface area contributed by atoms with Crippen LogP contribution in [-0.2, 0) is 34.5 Å². The fourth-order valence-corrected chi connectivity index (χ4v) is 3.89. The summed E-state index contributed by atoms with van der Waals surface area (Å²) in [5.41, 5.74) is 0.663. The molecule has 0 radical (unpaired) electrons. The Morgan fingerprint density at radius 3 is 2.66 bits per heavy atom. The van der Waals surface area contributed by atoms with Crippen LogP contribution in [0.1, 0.15) is 18.5 Å². The normalized spacial score (nSPS) is 11.8. The lowest BCUT2D eigenvalue weighted by molar-refractivity contribution is -0.755. The van der Waals surface area contributed by atoms with Crippen molar-refractivity contribution >= 4 is 20.9 Å². The lowest BCUT2D eigenvalue weighted by Crippen LogP contribution is -2.37. The van der Waals surface area contributed by atoms with E-state index in [0.29, 0.717) is 31.7 Å². The van der Waals surface area contributed by atoms with Crippen LogP contribution in [0.4, 0.5) is 0 Å². The van der Waals surface area contributed by atoms with Crippen LogP contribution in [0.25, 0.3) is 10.8 Å². The van der Waals surface area contributed by atoms with Crippen molar-refractivity contribution in [2.45, 2.75) is 26.0 Å². The van der Waals surface area contributed by atoms with Crippen molar-refractivity contribution in [3.8, 4) is 5.75 Å². The third-order valence-corrected chi connectivity index (χ3v) is 5.76. The molecular formula is C20H26N3O5S+. The molecule has 9 heteroatoms. The number of aliphatic hydroxyl groups is 1. The summed E-state index contributed by atoms with van der Waals surface area (Å²) in [5, 5.41) is 15.5. The Morgan fingerprint density at radius 1 is 1.10 bits per heavy atom. The molecule has 0 spiro atoms. The zero-order chi connectivity index (χ0) is 20.7. The van der Waals surface area contributed by atoms with E-state index in [1.54, 1.807) is 22.6 Å². The molecule has 1 aromatic heterocycles. The Balaban J connectivity index is 1.35. The quantitative estimate of drug-likeness (QED) is 0.287. The van der Waals surface area contributed by atoms with Crippen LogP contribution in [0.2, 0.25) is 0 Å². The van der Waals surface area contributed by atoms with Gasteiger partial charge in [0.05, 0.1) is 24.2 Å². The lowest BCUT2D eigenvalue weighted by Gasteiger charge is -2.08. The second kappa shape index (κ2) is 9.82. The molecule has 156 valence electrons. The number of benzene rings is 2. The molecule has 1 heterocycles. The third kappa shape index (κ3) is 6.25. The van der Waals surface area contributed by atoms with Gasteiger partial charge in [0, 0.05) is 12.8 Å². The Kier molecular flexibility index (Phi) is 7.18. The van der Waals surface area contributed by atoms with Crippen molar-refractivity contribution in [1.29, 1.82) is 0 Å².